The van der Waals surface area contributed by atoms with Gasteiger partial charge in [-0.25, -0.2) is 4.79 Å². The predicted molar refractivity (Wildman–Crippen MR) is 116 cm³/mol. The fourth-order valence-electron chi connectivity index (χ4n) is 2.13. The van der Waals surface area contributed by atoms with Gasteiger partial charge in [0.25, 0.3) is 5.69 Å². The van der Waals surface area contributed by atoms with Crippen LogP contribution in [0.5, 0.6) is 0 Å². The predicted octanol–water partition coefficient (Wildman–Crippen LogP) is 6.21. The van der Waals surface area contributed by atoms with E-state index in [0.29, 0.717) is 25.8 Å². The second-order valence-electron chi connectivity index (χ2n) is 5.13. The van der Waals surface area contributed by atoms with E-state index in [9.17, 15) is 14.9 Å². The van der Waals surface area contributed by atoms with Gasteiger partial charge in [0.05, 0.1) is 22.8 Å². The quantitative estimate of drug-likeness (QED) is 0.138. The van der Waals surface area contributed by atoms with Crippen LogP contribution in [0.4, 0.5) is 11.4 Å². The number of hydrogen-bond donors (Lipinski definition) is 0. The monoisotopic (exact) mass is 558 g/mol. The number of esters is 1. The molecule has 0 unspecified atom stereocenters. The molecule has 0 radical (unpaired) electrons. The van der Waals surface area contributed by atoms with Crippen molar-refractivity contribution in [3.8, 4) is 0 Å². The SMILES string of the molecule is CCOC(=O)/C=C/c1cc(Br)cc(Br)c1N=Cc1cc(Br)ccc1[N+](=O)[O-]. The molecule has 2 aromatic rings. The molecule has 2 aromatic carbocycles. The van der Waals surface area contributed by atoms with Crippen molar-refractivity contribution < 1.29 is 14.5 Å². The standard InChI is InChI=1S/C18H13Br3N2O4/c1-2-27-17(24)6-3-11-7-14(20)9-15(21)18(11)22-10-12-8-13(19)4-5-16(12)23(25)26/h3-10H,2H2,1H3/b6-3+,22-10?. The van der Waals surface area contributed by atoms with Gasteiger partial charge < -0.3 is 4.74 Å². The van der Waals surface area contributed by atoms with Crippen LogP contribution in [-0.2, 0) is 9.53 Å². The molecule has 0 amide bonds. The highest BCUT2D eigenvalue weighted by Crippen LogP contribution is 2.34. The van der Waals surface area contributed by atoms with E-state index in [1.54, 1.807) is 37.3 Å². The van der Waals surface area contributed by atoms with Crippen LogP contribution < -0.4 is 0 Å². The fourth-order valence-corrected chi connectivity index (χ4v) is 3.87. The van der Waals surface area contributed by atoms with Crippen molar-refractivity contribution in [2.75, 3.05) is 6.61 Å². The highest BCUT2D eigenvalue weighted by molar-refractivity contribution is 9.11. The van der Waals surface area contributed by atoms with Crippen LogP contribution in [0.15, 0.2) is 54.8 Å². The van der Waals surface area contributed by atoms with E-state index in [4.69, 9.17) is 4.74 Å². The van der Waals surface area contributed by atoms with Crippen LogP contribution in [0.25, 0.3) is 6.08 Å². The minimum Gasteiger partial charge on any atom is -0.463 e. The second-order valence-corrected chi connectivity index (χ2v) is 7.81. The van der Waals surface area contributed by atoms with E-state index in [1.165, 1.54) is 18.4 Å². The van der Waals surface area contributed by atoms with Gasteiger partial charge in [0, 0.05) is 37.3 Å². The summed E-state index contributed by atoms with van der Waals surface area (Å²) in [6.07, 6.45) is 4.30. The zero-order valence-electron chi connectivity index (χ0n) is 14.0. The summed E-state index contributed by atoms with van der Waals surface area (Å²) < 4.78 is 7.03. The molecule has 0 saturated carbocycles. The topological polar surface area (TPSA) is 81.8 Å². The number of benzene rings is 2. The number of nitro groups is 1. The molecule has 0 aliphatic rings. The number of ether oxygens (including phenoxy) is 1. The summed E-state index contributed by atoms with van der Waals surface area (Å²) >= 11 is 10.1. The molecule has 9 heteroatoms. The van der Waals surface area contributed by atoms with Crippen LogP contribution >= 0.6 is 47.8 Å². The Labute approximate surface area is 180 Å². The minimum absolute atomic E-state index is 0.0567. The van der Waals surface area contributed by atoms with Crippen molar-refractivity contribution in [1.82, 2.24) is 0 Å². The van der Waals surface area contributed by atoms with Crippen molar-refractivity contribution >= 4 is 77.4 Å². The Kier molecular flexibility index (Phi) is 7.88. The Morgan fingerprint density at radius 2 is 1.89 bits per heavy atom. The molecule has 0 fully saturated rings. The van der Waals surface area contributed by atoms with Crippen LogP contribution in [-0.4, -0.2) is 23.7 Å². The molecular weight excluding hydrogens is 548 g/mol. The molecule has 0 atom stereocenters. The molecule has 140 valence electrons. The van der Waals surface area contributed by atoms with Crippen LogP contribution in [0, 0.1) is 10.1 Å². The first-order chi connectivity index (χ1) is 12.8. The molecule has 6 nitrogen and oxygen atoms in total. The Balaban J connectivity index is 2.47. The fraction of sp³-hybridized carbons (Fsp3) is 0.111. The molecule has 0 heterocycles. The molecule has 27 heavy (non-hydrogen) atoms. The van der Waals surface area contributed by atoms with Gasteiger partial charge in [-0.1, -0.05) is 31.9 Å². The molecular formula is C18H13Br3N2O4. The first-order valence-electron chi connectivity index (χ1n) is 7.63. The Bertz CT molecular complexity index is 942. The highest BCUT2D eigenvalue weighted by Gasteiger charge is 2.13. The number of hydrogen-bond acceptors (Lipinski definition) is 5. The normalized spacial score (nSPS) is 11.3. The Morgan fingerprint density at radius 1 is 1.19 bits per heavy atom. The van der Waals surface area contributed by atoms with E-state index in [-0.39, 0.29) is 12.3 Å². The smallest absolute Gasteiger partial charge is 0.330 e. The van der Waals surface area contributed by atoms with Crippen molar-refractivity contribution in [2.45, 2.75) is 6.92 Å². The van der Waals surface area contributed by atoms with Crippen molar-refractivity contribution in [3.63, 3.8) is 0 Å². The third-order valence-electron chi connectivity index (χ3n) is 3.26. The maximum atomic E-state index is 11.6. The van der Waals surface area contributed by atoms with Crippen LogP contribution in [0.2, 0.25) is 0 Å². The summed E-state index contributed by atoms with van der Waals surface area (Å²) in [6, 6.07) is 8.19. The largest absolute Gasteiger partial charge is 0.463 e. The third kappa shape index (κ3) is 6.08. The van der Waals surface area contributed by atoms with E-state index in [2.05, 4.69) is 52.8 Å². The number of aliphatic imine (C=N–C) groups is 1. The average Bonchev–Trinajstić information content (AvgIpc) is 2.59. The second kappa shape index (κ2) is 9.91. The highest BCUT2D eigenvalue weighted by atomic mass is 79.9. The summed E-state index contributed by atoms with van der Waals surface area (Å²) in [4.78, 5) is 26.7. The first kappa shape index (κ1) is 21.5. The van der Waals surface area contributed by atoms with Gasteiger partial charge >= 0.3 is 5.97 Å². The van der Waals surface area contributed by atoms with Gasteiger partial charge in [0.1, 0.15) is 0 Å². The molecule has 0 aliphatic carbocycles. The lowest BCUT2D eigenvalue weighted by atomic mass is 10.1. The molecule has 0 bridgehead atoms. The lowest BCUT2D eigenvalue weighted by Crippen LogP contribution is -1.98. The lowest BCUT2D eigenvalue weighted by Gasteiger charge is -2.06. The van der Waals surface area contributed by atoms with Crippen LogP contribution in [0.1, 0.15) is 18.1 Å². The third-order valence-corrected chi connectivity index (χ3v) is 4.82. The summed E-state index contributed by atoms with van der Waals surface area (Å²) in [5.41, 5.74) is 1.45. The molecule has 0 aliphatic heterocycles. The van der Waals surface area contributed by atoms with E-state index < -0.39 is 10.9 Å². The van der Waals surface area contributed by atoms with Gasteiger partial charge in [-0.2, -0.15) is 0 Å². The summed E-state index contributed by atoms with van der Waals surface area (Å²) in [7, 11) is 0. The van der Waals surface area contributed by atoms with Gasteiger partial charge in [0.2, 0.25) is 0 Å². The maximum absolute atomic E-state index is 11.6. The number of carbonyl (C=O) groups is 1. The zero-order chi connectivity index (χ0) is 20.0. The maximum Gasteiger partial charge on any atom is 0.330 e. The van der Waals surface area contributed by atoms with Crippen molar-refractivity contribution in [2.24, 2.45) is 4.99 Å². The Morgan fingerprint density at radius 3 is 2.56 bits per heavy atom. The van der Waals surface area contributed by atoms with E-state index >= 15 is 0 Å². The van der Waals surface area contributed by atoms with E-state index in [0.717, 1.165) is 4.47 Å². The number of nitro benzene ring substituents is 1. The molecule has 2 rings (SSSR count). The van der Waals surface area contributed by atoms with E-state index in [1.807, 2.05) is 0 Å². The molecule has 0 N–H and O–H groups in total. The molecule has 0 aromatic heterocycles. The number of halogens is 3. The van der Waals surface area contributed by atoms with Crippen molar-refractivity contribution in [3.05, 3.63) is 71.1 Å². The summed E-state index contributed by atoms with van der Waals surface area (Å²) in [6.45, 7) is 2.00. The zero-order valence-corrected chi connectivity index (χ0v) is 18.7. The number of carbonyl (C=O) groups excluding carboxylic acids is 1. The minimum atomic E-state index is -0.467. The molecule has 0 saturated heterocycles. The van der Waals surface area contributed by atoms with Gasteiger partial charge in [-0.05, 0) is 53.2 Å². The summed E-state index contributed by atoms with van der Waals surface area (Å²) in [5.74, 6) is -0.467. The average molecular weight is 561 g/mol. The van der Waals surface area contributed by atoms with Crippen LogP contribution in [0.3, 0.4) is 0 Å². The first-order valence-corrected chi connectivity index (χ1v) is 10.0. The van der Waals surface area contributed by atoms with Gasteiger partial charge in [0.15, 0.2) is 0 Å². The number of nitrogens with zero attached hydrogens (tertiary/aromatic N) is 2. The molecule has 0 spiro atoms. The lowest BCUT2D eigenvalue weighted by molar-refractivity contribution is -0.385. The summed E-state index contributed by atoms with van der Waals surface area (Å²) in [5, 5.41) is 11.2. The van der Waals surface area contributed by atoms with Gasteiger partial charge in [-0.15, -0.1) is 0 Å². The Hall–Kier alpha value is -1.84. The van der Waals surface area contributed by atoms with Gasteiger partial charge in [-0.3, -0.25) is 15.1 Å². The van der Waals surface area contributed by atoms with Crippen molar-refractivity contribution in [1.29, 1.82) is 0 Å². The number of rotatable bonds is 6.